The van der Waals surface area contributed by atoms with Gasteiger partial charge in [-0.3, -0.25) is 14.8 Å². The third-order valence-electron chi connectivity index (χ3n) is 4.19. The molecule has 1 atom stereocenters. The van der Waals surface area contributed by atoms with E-state index in [1.807, 2.05) is 18.8 Å². The Hall–Kier alpha value is -0.460. The minimum atomic E-state index is 0.646. The van der Waals surface area contributed by atoms with Crippen LogP contribution in [-0.2, 0) is 0 Å². The zero-order chi connectivity index (χ0) is 14.2. The molecule has 0 amide bonds. The van der Waals surface area contributed by atoms with Gasteiger partial charge >= 0.3 is 0 Å². The number of hydrogen-bond acceptors (Lipinski definition) is 4. The molecule has 1 unspecified atom stereocenters. The number of rotatable bonds is 7. The summed E-state index contributed by atoms with van der Waals surface area (Å²) in [5.74, 6) is 2.20. The molecule has 3 aliphatic rings. The van der Waals surface area contributed by atoms with Crippen LogP contribution in [0.3, 0.4) is 0 Å². The molecule has 3 rings (SSSR count). The molecular weight excluding hydrogens is 270 g/mol. The number of aliphatic imine (C=N–C) groups is 1. The summed E-state index contributed by atoms with van der Waals surface area (Å²) in [5, 5.41) is 6.89. The third-order valence-corrected chi connectivity index (χ3v) is 4.89. The monoisotopic (exact) mass is 299 g/mol. The molecule has 20 heavy (non-hydrogen) atoms. The van der Waals surface area contributed by atoms with Crippen molar-refractivity contribution in [2.24, 2.45) is 4.99 Å². The summed E-state index contributed by atoms with van der Waals surface area (Å²) in [6, 6.07) is 0.646. The van der Waals surface area contributed by atoms with Gasteiger partial charge in [0.15, 0.2) is 5.96 Å². The first-order valence-electron chi connectivity index (χ1n) is 7.73. The maximum Gasteiger partial charge on any atom is 0.191 e. The molecule has 0 aliphatic carbocycles. The van der Waals surface area contributed by atoms with E-state index in [1.165, 1.54) is 51.3 Å². The van der Waals surface area contributed by atoms with E-state index >= 15 is 0 Å². The SMILES string of the molecule is CN=C(NCCCCSC)NCC1CN2CCN1CC2. The first kappa shape index (κ1) is 15.9. The van der Waals surface area contributed by atoms with Crippen LogP contribution in [0.5, 0.6) is 0 Å². The van der Waals surface area contributed by atoms with Gasteiger partial charge in [-0.1, -0.05) is 0 Å². The maximum atomic E-state index is 4.31. The zero-order valence-electron chi connectivity index (χ0n) is 12.9. The van der Waals surface area contributed by atoms with Crippen molar-refractivity contribution in [3.05, 3.63) is 0 Å². The molecule has 3 fully saturated rings. The Bertz CT molecular complexity index is 302. The molecule has 6 heteroatoms. The average Bonchev–Trinajstić information content (AvgIpc) is 2.51. The molecule has 0 spiro atoms. The molecule has 3 aliphatic heterocycles. The van der Waals surface area contributed by atoms with Gasteiger partial charge in [-0.15, -0.1) is 0 Å². The first-order valence-corrected chi connectivity index (χ1v) is 9.12. The lowest BCUT2D eigenvalue weighted by Gasteiger charge is -2.47. The highest BCUT2D eigenvalue weighted by atomic mass is 32.2. The van der Waals surface area contributed by atoms with Crippen LogP contribution in [0.25, 0.3) is 0 Å². The highest BCUT2D eigenvalue weighted by molar-refractivity contribution is 7.98. The number of unbranched alkanes of at least 4 members (excludes halogenated alkanes) is 1. The smallest absolute Gasteiger partial charge is 0.191 e. The van der Waals surface area contributed by atoms with Gasteiger partial charge in [0.1, 0.15) is 0 Å². The lowest BCUT2D eigenvalue weighted by Crippen LogP contribution is -2.63. The van der Waals surface area contributed by atoms with Gasteiger partial charge in [0.2, 0.25) is 0 Å². The molecule has 0 aromatic rings. The molecule has 0 saturated carbocycles. The lowest BCUT2D eigenvalue weighted by atomic mass is 10.1. The minimum absolute atomic E-state index is 0.646. The van der Waals surface area contributed by atoms with Crippen LogP contribution in [0, 0.1) is 0 Å². The Labute approximate surface area is 127 Å². The fourth-order valence-corrected chi connectivity index (χ4v) is 3.42. The van der Waals surface area contributed by atoms with E-state index in [1.54, 1.807) is 0 Å². The normalized spacial score (nSPS) is 29.5. The predicted octanol–water partition coefficient (Wildman–Crippen LogP) is 0.294. The van der Waals surface area contributed by atoms with E-state index in [0.29, 0.717) is 6.04 Å². The molecular formula is C14H29N5S. The van der Waals surface area contributed by atoms with Crippen molar-refractivity contribution in [3.63, 3.8) is 0 Å². The Morgan fingerprint density at radius 1 is 1.20 bits per heavy atom. The topological polar surface area (TPSA) is 42.9 Å². The number of nitrogens with zero attached hydrogens (tertiary/aromatic N) is 3. The number of fused-ring (bicyclic) bond motifs is 3. The minimum Gasteiger partial charge on any atom is -0.356 e. The van der Waals surface area contributed by atoms with Crippen LogP contribution in [0.2, 0.25) is 0 Å². The van der Waals surface area contributed by atoms with Gasteiger partial charge in [-0.25, -0.2) is 0 Å². The number of nitrogens with one attached hydrogen (secondary N) is 2. The van der Waals surface area contributed by atoms with Gasteiger partial charge in [-0.05, 0) is 24.9 Å². The maximum absolute atomic E-state index is 4.31. The summed E-state index contributed by atoms with van der Waals surface area (Å²) in [7, 11) is 1.86. The van der Waals surface area contributed by atoms with E-state index in [0.717, 1.165) is 19.0 Å². The van der Waals surface area contributed by atoms with E-state index < -0.39 is 0 Å². The number of thioether (sulfide) groups is 1. The van der Waals surface area contributed by atoms with E-state index in [-0.39, 0.29) is 0 Å². The third kappa shape index (κ3) is 4.82. The second-order valence-electron chi connectivity index (χ2n) is 5.57. The summed E-state index contributed by atoms with van der Waals surface area (Å²) in [5.41, 5.74) is 0. The first-order chi connectivity index (χ1) is 9.83. The fraction of sp³-hybridized carbons (Fsp3) is 0.929. The van der Waals surface area contributed by atoms with Crippen molar-refractivity contribution >= 4 is 17.7 Å². The molecule has 0 aromatic carbocycles. The second kappa shape index (κ2) is 8.74. The summed E-state index contributed by atoms with van der Waals surface area (Å²) in [6.07, 6.45) is 4.65. The molecule has 2 bridgehead atoms. The quantitative estimate of drug-likeness (QED) is 0.402. The van der Waals surface area contributed by atoms with Crippen molar-refractivity contribution in [2.45, 2.75) is 18.9 Å². The molecule has 3 heterocycles. The van der Waals surface area contributed by atoms with Gasteiger partial charge in [0.25, 0.3) is 0 Å². The molecule has 2 N–H and O–H groups in total. The van der Waals surface area contributed by atoms with Crippen LogP contribution in [0.4, 0.5) is 0 Å². The summed E-state index contributed by atoms with van der Waals surface area (Å²) in [4.78, 5) is 9.49. The van der Waals surface area contributed by atoms with Crippen molar-refractivity contribution in [2.75, 3.05) is 64.9 Å². The van der Waals surface area contributed by atoms with Crippen LogP contribution < -0.4 is 10.6 Å². The summed E-state index contributed by atoms with van der Waals surface area (Å²) >= 11 is 1.92. The van der Waals surface area contributed by atoms with E-state index in [9.17, 15) is 0 Å². The Kier molecular flexibility index (Phi) is 6.96. The van der Waals surface area contributed by atoms with E-state index in [2.05, 4.69) is 31.7 Å². The van der Waals surface area contributed by atoms with Crippen molar-refractivity contribution in [1.29, 1.82) is 0 Å². The number of hydrogen-bond donors (Lipinski definition) is 2. The Morgan fingerprint density at radius 2 is 2.00 bits per heavy atom. The van der Waals surface area contributed by atoms with Crippen molar-refractivity contribution in [1.82, 2.24) is 20.4 Å². The van der Waals surface area contributed by atoms with Gasteiger partial charge < -0.3 is 10.6 Å². The van der Waals surface area contributed by atoms with Gasteiger partial charge in [-0.2, -0.15) is 11.8 Å². The van der Waals surface area contributed by atoms with Crippen LogP contribution in [0.15, 0.2) is 4.99 Å². The Morgan fingerprint density at radius 3 is 2.60 bits per heavy atom. The highest BCUT2D eigenvalue weighted by Crippen LogP contribution is 2.14. The molecule has 0 aromatic heterocycles. The summed E-state index contributed by atoms with van der Waals surface area (Å²) < 4.78 is 0. The zero-order valence-corrected chi connectivity index (χ0v) is 13.7. The number of piperazine rings is 3. The Balaban J connectivity index is 1.61. The van der Waals surface area contributed by atoms with Crippen LogP contribution >= 0.6 is 11.8 Å². The predicted molar refractivity (Wildman–Crippen MR) is 88.8 cm³/mol. The summed E-state index contributed by atoms with van der Waals surface area (Å²) in [6.45, 7) is 8.18. The standard InChI is InChI=1S/C14H29N5S/c1-15-14(16-5-3-4-10-20-2)17-11-13-12-18-6-8-19(13)9-7-18/h13H,3-12H2,1-2H3,(H2,15,16,17). The van der Waals surface area contributed by atoms with Gasteiger partial charge in [0.05, 0.1) is 0 Å². The van der Waals surface area contributed by atoms with Gasteiger partial charge in [0, 0.05) is 58.9 Å². The van der Waals surface area contributed by atoms with Crippen LogP contribution in [0.1, 0.15) is 12.8 Å². The lowest BCUT2D eigenvalue weighted by molar-refractivity contribution is 0.0154. The fourth-order valence-electron chi connectivity index (χ4n) is 2.93. The molecule has 0 radical (unpaired) electrons. The van der Waals surface area contributed by atoms with E-state index in [4.69, 9.17) is 0 Å². The molecule has 116 valence electrons. The van der Waals surface area contributed by atoms with Crippen molar-refractivity contribution in [3.8, 4) is 0 Å². The molecule has 3 saturated heterocycles. The molecule has 5 nitrogen and oxygen atoms in total. The highest BCUT2D eigenvalue weighted by Gasteiger charge is 2.31. The van der Waals surface area contributed by atoms with Crippen molar-refractivity contribution < 1.29 is 0 Å². The van der Waals surface area contributed by atoms with Crippen LogP contribution in [-0.4, -0.2) is 86.7 Å². The number of guanidine groups is 1. The second-order valence-corrected chi connectivity index (χ2v) is 6.56. The largest absolute Gasteiger partial charge is 0.356 e. The average molecular weight is 299 g/mol.